The summed E-state index contributed by atoms with van der Waals surface area (Å²) in [5.74, 6) is -0.271. The monoisotopic (exact) mass is 364 g/mol. The number of hydrogen-bond acceptors (Lipinski definition) is 7. The quantitative estimate of drug-likeness (QED) is 0.629. The molecule has 1 aromatic carbocycles. The maximum Gasteiger partial charge on any atom is 0.233 e. The molecule has 2 amide bonds. The Morgan fingerprint density at radius 1 is 1.07 bits per heavy atom. The number of nitrogens with two attached hydrogens (primary N) is 1. The van der Waals surface area contributed by atoms with Gasteiger partial charge in [0.2, 0.25) is 23.7 Å². The van der Waals surface area contributed by atoms with Crippen molar-refractivity contribution in [2.75, 3.05) is 11.1 Å². The lowest BCUT2D eigenvalue weighted by molar-refractivity contribution is -0.140. The fraction of sp³-hybridized carbons (Fsp3) is 0.316. The number of amides is 2. The summed E-state index contributed by atoms with van der Waals surface area (Å²) in [7, 11) is 0. The molecule has 0 radical (unpaired) electrons. The van der Waals surface area contributed by atoms with Gasteiger partial charge in [-0.3, -0.25) is 14.5 Å². The molecule has 0 saturated carbocycles. The number of benzene rings is 1. The molecule has 1 aromatic heterocycles. The third-order valence-corrected chi connectivity index (χ3v) is 4.99. The number of para-hydroxylation sites is 1. The van der Waals surface area contributed by atoms with Crippen molar-refractivity contribution in [3.63, 3.8) is 0 Å². The number of aromatic nitrogens is 3. The van der Waals surface area contributed by atoms with E-state index in [2.05, 4.69) is 20.3 Å². The minimum Gasteiger partial charge on any atom is -0.368 e. The molecule has 138 valence electrons. The van der Waals surface area contributed by atoms with Crippen molar-refractivity contribution in [2.45, 2.75) is 26.3 Å². The molecule has 27 heavy (non-hydrogen) atoms. The molecule has 0 spiro atoms. The van der Waals surface area contributed by atoms with E-state index in [1.807, 2.05) is 43.3 Å². The minimum absolute atomic E-state index is 0.000160. The number of hydrogen-bond donors (Lipinski definition) is 2. The van der Waals surface area contributed by atoms with Gasteiger partial charge in [-0.15, -0.1) is 0 Å². The highest BCUT2D eigenvalue weighted by atomic mass is 16.2. The molecule has 1 saturated heterocycles. The summed E-state index contributed by atoms with van der Waals surface area (Å²) in [5.41, 5.74) is 7.69. The molecular formula is C19H20N6O2. The normalized spacial score (nSPS) is 21.4. The van der Waals surface area contributed by atoms with Crippen LogP contribution in [0.1, 0.15) is 24.2 Å². The van der Waals surface area contributed by atoms with Crippen LogP contribution in [0.2, 0.25) is 0 Å². The first-order chi connectivity index (χ1) is 13.0. The van der Waals surface area contributed by atoms with Crippen molar-refractivity contribution in [1.82, 2.24) is 19.9 Å². The van der Waals surface area contributed by atoms with Gasteiger partial charge >= 0.3 is 0 Å². The fourth-order valence-electron chi connectivity index (χ4n) is 3.56. The Morgan fingerprint density at radius 3 is 2.41 bits per heavy atom. The minimum atomic E-state index is -0.272. The third-order valence-electron chi connectivity index (χ3n) is 4.99. The molecule has 3 N–H and O–H groups in total. The highest BCUT2D eigenvalue weighted by Gasteiger charge is 2.47. The number of rotatable bonds is 4. The average molecular weight is 364 g/mol. The molecule has 2 aromatic rings. The molecule has 4 rings (SSSR count). The number of nitrogen functional groups attached to an aromatic ring is 1. The van der Waals surface area contributed by atoms with E-state index in [4.69, 9.17) is 5.73 Å². The van der Waals surface area contributed by atoms with Crippen molar-refractivity contribution in [1.29, 1.82) is 0 Å². The van der Waals surface area contributed by atoms with Crippen LogP contribution < -0.4 is 11.1 Å². The van der Waals surface area contributed by atoms with Crippen LogP contribution in [0.3, 0.4) is 0 Å². The molecule has 8 heteroatoms. The molecule has 1 fully saturated rings. The predicted octanol–water partition coefficient (Wildman–Crippen LogP) is 1.96. The highest BCUT2D eigenvalue weighted by molar-refractivity contribution is 6.05. The van der Waals surface area contributed by atoms with Crippen molar-refractivity contribution in [3.05, 3.63) is 47.8 Å². The Bertz CT molecular complexity index is 916. The molecule has 2 aliphatic rings. The number of aryl methyl sites for hydroxylation is 1. The van der Waals surface area contributed by atoms with Gasteiger partial charge in [0.15, 0.2) is 5.82 Å². The first-order valence-corrected chi connectivity index (χ1v) is 8.86. The van der Waals surface area contributed by atoms with Crippen LogP contribution in [0.15, 0.2) is 36.4 Å². The maximum atomic E-state index is 12.6. The Labute approximate surface area is 156 Å². The number of anilines is 3. The van der Waals surface area contributed by atoms with Crippen LogP contribution in [-0.4, -0.2) is 31.7 Å². The summed E-state index contributed by atoms with van der Waals surface area (Å²) in [6.07, 6.45) is 5.12. The van der Waals surface area contributed by atoms with Gasteiger partial charge in [-0.2, -0.15) is 15.0 Å². The van der Waals surface area contributed by atoms with Crippen LogP contribution in [0.25, 0.3) is 0 Å². The number of carbonyl (C=O) groups is 2. The zero-order valence-electron chi connectivity index (χ0n) is 14.9. The first-order valence-electron chi connectivity index (χ1n) is 8.86. The van der Waals surface area contributed by atoms with Crippen molar-refractivity contribution >= 4 is 29.4 Å². The van der Waals surface area contributed by atoms with Crippen LogP contribution in [-0.2, 0) is 16.1 Å². The zero-order chi connectivity index (χ0) is 19.0. The number of carbonyl (C=O) groups excluding carboxylic acids is 2. The molecule has 2 atom stereocenters. The van der Waals surface area contributed by atoms with E-state index < -0.39 is 0 Å². The number of nitrogens with zero attached hydrogens (tertiary/aromatic N) is 4. The van der Waals surface area contributed by atoms with Crippen molar-refractivity contribution in [3.8, 4) is 0 Å². The molecule has 1 aliphatic heterocycles. The zero-order valence-corrected chi connectivity index (χ0v) is 14.9. The molecular weight excluding hydrogens is 344 g/mol. The van der Waals surface area contributed by atoms with Gasteiger partial charge in [0.25, 0.3) is 0 Å². The van der Waals surface area contributed by atoms with Crippen molar-refractivity contribution in [2.24, 2.45) is 11.8 Å². The van der Waals surface area contributed by atoms with E-state index in [1.165, 1.54) is 4.90 Å². The van der Waals surface area contributed by atoms with Crippen molar-refractivity contribution < 1.29 is 9.59 Å². The summed E-state index contributed by atoms with van der Waals surface area (Å²) in [6.45, 7) is 1.96. The topological polar surface area (TPSA) is 114 Å². The number of fused-ring (bicyclic) bond motifs is 1. The van der Waals surface area contributed by atoms with E-state index in [1.54, 1.807) is 0 Å². The smallest absolute Gasteiger partial charge is 0.233 e. The molecule has 8 nitrogen and oxygen atoms in total. The second-order valence-corrected chi connectivity index (χ2v) is 6.79. The Kier molecular flexibility index (Phi) is 4.31. The summed E-state index contributed by atoms with van der Waals surface area (Å²) >= 11 is 0. The fourth-order valence-corrected chi connectivity index (χ4v) is 3.56. The second-order valence-electron chi connectivity index (χ2n) is 6.79. The number of allylic oxidation sites excluding steroid dienone is 2. The predicted molar refractivity (Wildman–Crippen MR) is 99.6 cm³/mol. The SMILES string of the molecule is Cc1ccccc1Nc1nc(N)nc(CN2C(=O)[C@H]3CC=CC[C@H]3C2=O)n1. The van der Waals surface area contributed by atoms with Crippen LogP contribution >= 0.6 is 0 Å². The number of likely N-dealkylation sites (tertiary alicyclic amines) is 1. The standard InChI is InChI=1S/C19H20N6O2/c1-11-6-2-5-9-14(11)21-19-23-15(22-18(20)24-19)10-25-16(26)12-7-3-4-8-13(12)17(25)27/h2-6,9,12-13H,7-8,10H2,1H3,(H3,20,21,22,23,24)/t12-,13+. The second kappa shape index (κ2) is 6.79. The third kappa shape index (κ3) is 3.25. The highest BCUT2D eigenvalue weighted by Crippen LogP contribution is 2.35. The lowest BCUT2D eigenvalue weighted by atomic mass is 9.85. The molecule has 2 heterocycles. The van der Waals surface area contributed by atoms with Gasteiger partial charge in [0, 0.05) is 5.69 Å². The van der Waals surface area contributed by atoms with E-state index >= 15 is 0 Å². The van der Waals surface area contributed by atoms with E-state index in [-0.39, 0.29) is 47.9 Å². The van der Waals surface area contributed by atoms with E-state index in [0.29, 0.717) is 12.8 Å². The molecule has 0 bridgehead atoms. The van der Waals surface area contributed by atoms with Crippen LogP contribution in [0.4, 0.5) is 17.6 Å². The Morgan fingerprint density at radius 2 is 1.74 bits per heavy atom. The summed E-state index contributed by atoms with van der Waals surface area (Å²) < 4.78 is 0. The van der Waals surface area contributed by atoms with E-state index in [9.17, 15) is 9.59 Å². The van der Waals surface area contributed by atoms with Gasteiger partial charge in [-0.25, -0.2) is 0 Å². The lowest BCUT2D eigenvalue weighted by Gasteiger charge is -2.15. The van der Waals surface area contributed by atoms with Crippen LogP contribution in [0, 0.1) is 18.8 Å². The largest absolute Gasteiger partial charge is 0.368 e. The van der Waals surface area contributed by atoms with E-state index in [0.717, 1.165) is 11.3 Å². The summed E-state index contributed by atoms with van der Waals surface area (Å²) in [6, 6.07) is 7.70. The number of nitrogens with one attached hydrogen (secondary N) is 1. The maximum absolute atomic E-state index is 12.6. The van der Waals surface area contributed by atoms with Crippen LogP contribution in [0.5, 0.6) is 0 Å². The summed E-state index contributed by atoms with van der Waals surface area (Å²) in [5, 5.41) is 3.11. The van der Waals surface area contributed by atoms with Gasteiger partial charge in [0.1, 0.15) is 0 Å². The first kappa shape index (κ1) is 17.1. The Hall–Kier alpha value is -3.29. The lowest BCUT2D eigenvalue weighted by Crippen LogP contribution is -2.31. The average Bonchev–Trinajstić information content (AvgIpc) is 2.89. The van der Waals surface area contributed by atoms with Gasteiger partial charge < -0.3 is 11.1 Å². The van der Waals surface area contributed by atoms with Gasteiger partial charge in [-0.05, 0) is 31.4 Å². The molecule has 1 aliphatic carbocycles. The van der Waals surface area contributed by atoms with Gasteiger partial charge in [-0.1, -0.05) is 30.4 Å². The summed E-state index contributed by atoms with van der Waals surface area (Å²) in [4.78, 5) is 39.0. The molecule has 0 unspecified atom stereocenters. The number of imide groups is 1. The Balaban J connectivity index is 1.56. The van der Waals surface area contributed by atoms with Gasteiger partial charge in [0.05, 0.1) is 18.4 Å².